The van der Waals surface area contributed by atoms with E-state index in [1.165, 1.54) is 56.6 Å². The smallest absolute Gasteiger partial charge is 0.124 e. The Hall–Kier alpha value is -0.540. The van der Waals surface area contributed by atoms with Crippen molar-refractivity contribution in [3.8, 4) is 0 Å². The zero-order valence-electron chi connectivity index (χ0n) is 11.0. The Morgan fingerprint density at radius 2 is 1.68 bits per heavy atom. The highest BCUT2D eigenvalue weighted by molar-refractivity contribution is 7.94. The summed E-state index contributed by atoms with van der Waals surface area (Å²) in [5.74, 6) is 2.48. The first-order valence-electron chi connectivity index (χ1n) is 7.32. The molecule has 1 aromatic carbocycles. The molecule has 4 fully saturated rings. The van der Waals surface area contributed by atoms with Crippen molar-refractivity contribution in [2.24, 2.45) is 17.8 Å². The largest absolute Gasteiger partial charge is 0.304 e. The predicted octanol–water partition coefficient (Wildman–Crippen LogP) is 4.82. The minimum absolute atomic E-state index is 0.0890. The van der Waals surface area contributed by atoms with Crippen molar-refractivity contribution in [1.82, 2.24) is 0 Å². The molecule has 4 bridgehead atoms. The van der Waals surface area contributed by atoms with Crippen LogP contribution in [0.2, 0.25) is 0 Å². The number of benzene rings is 1. The minimum Gasteiger partial charge on any atom is -0.304 e. The van der Waals surface area contributed by atoms with Crippen molar-refractivity contribution in [2.75, 3.05) is 0 Å². The summed E-state index contributed by atoms with van der Waals surface area (Å²) < 4.78 is 19.4. The first-order valence-corrected chi connectivity index (χ1v) is 8.06. The number of hydrogen-bond donors (Lipinski definition) is 0. The van der Waals surface area contributed by atoms with Gasteiger partial charge in [-0.25, -0.2) is 4.39 Å². The van der Waals surface area contributed by atoms with E-state index >= 15 is 0 Å². The van der Waals surface area contributed by atoms with Crippen LogP contribution in [0.25, 0.3) is 0 Å². The summed E-state index contributed by atoms with van der Waals surface area (Å²) in [5, 5.41) is 0. The number of hydrogen-bond acceptors (Lipinski definition) is 2. The molecule has 1 nitrogen and oxygen atoms in total. The van der Waals surface area contributed by atoms with E-state index in [0.29, 0.717) is 0 Å². The third-order valence-corrected chi connectivity index (χ3v) is 5.98. The second-order valence-corrected chi connectivity index (χ2v) is 7.53. The van der Waals surface area contributed by atoms with Crippen molar-refractivity contribution in [1.29, 1.82) is 0 Å². The van der Waals surface area contributed by atoms with Crippen LogP contribution < -0.4 is 0 Å². The molecule has 0 radical (unpaired) electrons. The molecule has 4 aliphatic rings. The van der Waals surface area contributed by atoms with E-state index in [1.54, 1.807) is 12.1 Å². The fourth-order valence-corrected chi connectivity index (χ4v) is 5.56. The Kier molecular flexibility index (Phi) is 2.89. The lowest BCUT2D eigenvalue weighted by molar-refractivity contribution is -0.0982. The summed E-state index contributed by atoms with van der Waals surface area (Å²) in [5.41, 5.74) is 0.0890. The Bertz CT molecular complexity index is 452. The third-order valence-electron chi connectivity index (χ3n) is 5.09. The van der Waals surface area contributed by atoms with Crippen LogP contribution in [0, 0.1) is 23.6 Å². The summed E-state index contributed by atoms with van der Waals surface area (Å²) >= 11 is 1.38. The molecular formula is C16H19FOS. The van der Waals surface area contributed by atoms with Crippen LogP contribution >= 0.6 is 12.0 Å². The molecule has 4 aliphatic carbocycles. The molecule has 0 aliphatic heterocycles. The second-order valence-electron chi connectivity index (χ2n) is 6.72. The lowest BCUT2D eigenvalue weighted by atomic mass is 9.54. The van der Waals surface area contributed by atoms with E-state index in [2.05, 4.69) is 0 Å². The molecule has 4 saturated carbocycles. The summed E-state index contributed by atoms with van der Waals surface area (Å²) in [6.45, 7) is 0. The van der Waals surface area contributed by atoms with E-state index in [9.17, 15) is 4.39 Å². The maximum Gasteiger partial charge on any atom is 0.124 e. The van der Waals surface area contributed by atoms with Crippen molar-refractivity contribution < 1.29 is 8.57 Å². The average molecular weight is 278 g/mol. The molecule has 0 atom stereocenters. The number of halogens is 1. The maximum atomic E-state index is 13.2. The van der Waals surface area contributed by atoms with E-state index in [0.717, 1.165) is 22.6 Å². The molecule has 0 amide bonds. The summed E-state index contributed by atoms with van der Waals surface area (Å²) in [7, 11) is 0. The lowest BCUT2D eigenvalue weighted by Crippen LogP contribution is -2.51. The van der Waals surface area contributed by atoms with Gasteiger partial charge in [0.2, 0.25) is 0 Å². The van der Waals surface area contributed by atoms with Crippen LogP contribution in [-0.2, 0) is 4.18 Å². The van der Waals surface area contributed by atoms with Crippen molar-refractivity contribution >= 4 is 12.0 Å². The van der Waals surface area contributed by atoms with E-state index in [4.69, 9.17) is 4.18 Å². The minimum atomic E-state index is -0.181. The summed E-state index contributed by atoms with van der Waals surface area (Å²) in [4.78, 5) is 0.885. The molecule has 3 heteroatoms. The average Bonchev–Trinajstić information content (AvgIpc) is 2.35. The molecule has 0 saturated heterocycles. The van der Waals surface area contributed by atoms with E-state index in [1.807, 2.05) is 6.07 Å². The van der Waals surface area contributed by atoms with Gasteiger partial charge in [0.25, 0.3) is 0 Å². The third kappa shape index (κ3) is 2.31. The molecule has 19 heavy (non-hydrogen) atoms. The van der Waals surface area contributed by atoms with Gasteiger partial charge in [0.15, 0.2) is 0 Å². The van der Waals surface area contributed by atoms with Gasteiger partial charge in [-0.05, 0) is 74.5 Å². The van der Waals surface area contributed by atoms with Gasteiger partial charge in [-0.15, -0.1) is 0 Å². The van der Waals surface area contributed by atoms with Crippen LogP contribution in [-0.4, -0.2) is 5.60 Å². The van der Waals surface area contributed by atoms with Gasteiger partial charge < -0.3 is 4.18 Å². The fraction of sp³-hybridized carbons (Fsp3) is 0.625. The molecule has 1 aromatic rings. The van der Waals surface area contributed by atoms with Gasteiger partial charge in [-0.1, -0.05) is 6.07 Å². The normalized spacial score (nSPS) is 39.7. The molecule has 0 spiro atoms. The summed E-state index contributed by atoms with van der Waals surface area (Å²) in [6.07, 6.45) is 7.94. The molecular weight excluding hydrogens is 259 g/mol. The Labute approximate surface area is 118 Å². The molecule has 0 aromatic heterocycles. The Morgan fingerprint density at radius 3 is 2.26 bits per heavy atom. The van der Waals surface area contributed by atoms with Gasteiger partial charge in [0, 0.05) is 16.9 Å². The van der Waals surface area contributed by atoms with Crippen LogP contribution in [0.5, 0.6) is 0 Å². The first kappa shape index (κ1) is 12.2. The quantitative estimate of drug-likeness (QED) is 0.733. The molecule has 0 heterocycles. The fourth-order valence-electron chi connectivity index (χ4n) is 4.79. The summed E-state index contributed by atoms with van der Waals surface area (Å²) in [6, 6.07) is 6.72. The monoisotopic (exact) mass is 278 g/mol. The zero-order valence-corrected chi connectivity index (χ0v) is 11.8. The maximum absolute atomic E-state index is 13.2. The van der Waals surface area contributed by atoms with Crippen molar-refractivity contribution in [3.05, 3.63) is 30.1 Å². The molecule has 0 unspecified atom stereocenters. The highest BCUT2D eigenvalue weighted by atomic mass is 32.2. The number of rotatable bonds is 3. The van der Waals surface area contributed by atoms with E-state index in [-0.39, 0.29) is 11.4 Å². The predicted molar refractivity (Wildman–Crippen MR) is 74.2 cm³/mol. The van der Waals surface area contributed by atoms with Gasteiger partial charge in [-0.2, -0.15) is 0 Å². The lowest BCUT2D eigenvalue weighted by Gasteiger charge is -2.55. The van der Waals surface area contributed by atoms with Gasteiger partial charge >= 0.3 is 0 Å². The van der Waals surface area contributed by atoms with E-state index < -0.39 is 0 Å². The molecule has 0 N–H and O–H groups in total. The van der Waals surface area contributed by atoms with Crippen LogP contribution in [0.15, 0.2) is 29.2 Å². The SMILES string of the molecule is Fc1cccc(SOC23CC4CC(CC(C4)C2)C3)c1. The standard InChI is InChI=1S/C16H19FOS/c17-14-2-1-3-15(7-14)19-18-16-8-11-4-12(9-16)6-13(5-11)10-16/h1-3,7,11-13H,4-6,8-10H2. The van der Waals surface area contributed by atoms with Crippen LogP contribution in [0.3, 0.4) is 0 Å². The Balaban J connectivity index is 1.48. The highest BCUT2D eigenvalue weighted by Crippen LogP contribution is 2.58. The highest BCUT2D eigenvalue weighted by Gasteiger charge is 2.52. The second kappa shape index (κ2) is 4.49. The van der Waals surface area contributed by atoms with Gasteiger partial charge in [0.1, 0.15) is 5.82 Å². The zero-order chi connectivity index (χ0) is 12.9. The van der Waals surface area contributed by atoms with Crippen LogP contribution in [0.1, 0.15) is 38.5 Å². The topological polar surface area (TPSA) is 9.23 Å². The molecule has 5 rings (SSSR count). The van der Waals surface area contributed by atoms with Crippen molar-refractivity contribution in [3.63, 3.8) is 0 Å². The molecule has 102 valence electrons. The first-order chi connectivity index (χ1) is 9.21. The Morgan fingerprint density at radius 1 is 1.05 bits per heavy atom. The van der Waals surface area contributed by atoms with Gasteiger partial charge in [-0.3, -0.25) is 0 Å². The van der Waals surface area contributed by atoms with Gasteiger partial charge in [0.05, 0.1) is 5.60 Å². The van der Waals surface area contributed by atoms with Crippen molar-refractivity contribution in [2.45, 2.75) is 49.0 Å². The van der Waals surface area contributed by atoms with Crippen LogP contribution in [0.4, 0.5) is 4.39 Å².